The molecule has 12 heteroatoms. The van der Waals surface area contributed by atoms with E-state index in [-0.39, 0.29) is 22.2 Å². The number of piperazine rings is 2. The smallest absolute Gasteiger partial charge is 0.411 e. The Labute approximate surface area is 250 Å². The van der Waals surface area contributed by atoms with Crippen LogP contribution in [0.5, 0.6) is 0 Å². The number of rotatable bonds is 4. The topological polar surface area (TPSA) is 111 Å². The predicted molar refractivity (Wildman–Crippen MR) is 159 cm³/mol. The summed E-state index contributed by atoms with van der Waals surface area (Å²) < 4.78 is 33.7. The number of carbonyl (C=O) groups is 3. The van der Waals surface area contributed by atoms with Crippen molar-refractivity contribution in [1.82, 2.24) is 23.9 Å². The first-order valence-corrected chi connectivity index (χ1v) is 16.3. The van der Waals surface area contributed by atoms with Crippen LogP contribution in [0.1, 0.15) is 59.9 Å². The number of ether oxygens (including phenoxy) is 1. The summed E-state index contributed by atoms with van der Waals surface area (Å²) in [6.07, 6.45) is 0.588. The van der Waals surface area contributed by atoms with E-state index in [1.54, 1.807) is 59.7 Å². The number of benzene rings is 1. The third-order valence-corrected chi connectivity index (χ3v) is 10.2. The molecule has 3 amide bonds. The molecular formula is C30H47N5O6S. The Bertz CT molecular complexity index is 1260. The van der Waals surface area contributed by atoms with Gasteiger partial charge in [0.15, 0.2) is 0 Å². The minimum atomic E-state index is -3.80. The highest BCUT2D eigenvalue weighted by Crippen LogP contribution is 2.28. The van der Waals surface area contributed by atoms with E-state index in [1.807, 2.05) is 6.92 Å². The zero-order valence-corrected chi connectivity index (χ0v) is 26.9. The zero-order valence-electron chi connectivity index (χ0n) is 26.1. The summed E-state index contributed by atoms with van der Waals surface area (Å²) in [7, 11) is -3.80. The summed E-state index contributed by atoms with van der Waals surface area (Å²) in [5.74, 6) is -0.381. The lowest BCUT2D eigenvalue weighted by Crippen LogP contribution is -2.65. The first kappa shape index (κ1) is 32.2. The van der Waals surface area contributed by atoms with Gasteiger partial charge in [0.1, 0.15) is 17.7 Å². The standard InChI is InChI=1S/C30H47N5O6S/c1-22-10-12-23(13-11-22)42(39,40)35-14-8-9-24(35)26(36)31-15-17-32(18-16-31)27(37)25-21-33(29(2,3)4)19-20-34(25)28(38)41-30(5,6)7/h10-13,24-25H,8-9,14-21H2,1-7H3/t24-,25-/m1/s1. The van der Waals surface area contributed by atoms with E-state index in [4.69, 9.17) is 4.74 Å². The van der Waals surface area contributed by atoms with Crippen molar-refractivity contribution in [2.45, 2.75) is 89.4 Å². The number of carbonyl (C=O) groups excluding carboxylic acids is 3. The minimum absolute atomic E-state index is 0.161. The molecule has 0 aromatic heterocycles. The molecule has 3 fully saturated rings. The molecule has 4 rings (SSSR count). The van der Waals surface area contributed by atoms with Crippen molar-refractivity contribution in [3.05, 3.63) is 29.8 Å². The average molecular weight is 606 g/mol. The molecule has 1 aromatic carbocycles. The Hall–Kier alpha value is -2.70. The van der Waals surface area contributed by atoms with Crippen LogP contribution >= 0.6 is 0 Å². The van der Waals surface area contributed by atoms with Gasteiger partial charge in [-0.05, 0) is 73.4 Å². The van der Waals surface area contributed by atoms with Gasteiger partial charge in [0, 0.05) is 57.9 Å². The second-order valence-electron chi connectivity index (χ2n) is 13.5. The SMILES string of the molecule is Cc1ccc(S(=O)(=O)N2CCC[C@@H]2C(=O)N2CCN(C(=O)[C@H]3CN(C(C)(C)C)CCN3C(=O)OC(C)(C)C)CC2)cc1. The molecule has 0 spiro atoms. The molecule has 3 aliphatic heterocycles. The van der Waals surface area contributed by atoms with E-state index in [1.165, 1.54) is 4.31 Å². The molecule has 3 saturated heterocycles. The summed E-state index contributed by atoms with van der Waals surface area (Å²) in [4.78, 5) is 47.9. The van der Waals surface area contributed by atoms with Crippen LogP contribution in [0.25, 0.3) is 0 Å². The van der Waals surface area contributed by atoms with Gasteiger partial charge in [-0.1, -0.05) is 17.7 Å². The van der Waals surface area contributed by atoms with E-state index >= 15 is 0 Å². The summed E-state index contributed by atoms with van der Waals surface area (Å²) in [6, 6.07) is 5.24. The highest BCUT2D eigenvalue weighted by molar-refractivity contribution is 7.89. The first-order chi connectivity index (χ1) is 19.5. The van der Waals surface area contributed by atoms with Crippen LogP contribution in [-0.2, 0) is 24.3 Å². The van der Waals surface area contributed by atoms with E-state index < -0.39 is 33.8 Å². The Balaban J connectivity index is 1.43. The fourth-order valence-electron chi connectivity index (χ4n) is 5.83. The van der Waals surface area contributed by atoms with Crippen LogP contribution in [0.3, 0.4) is 0 Å². The van der Waals surface area contributed by atoms with Gasteiger partial charge in [0.25, 0.3) is 0 Å². The first-order valence-electron chi connectivity index (χ1n) is 14.9. The molecule has 0 bridgehead atoms. The molecule has 11 nitrogen and oxygen atoms in total. The molecule has 0 unspecified atom stereocenters. The second kappa shape index (κ2) is 12.1. The maximum atomic E-state index is 13.9. The third kappa shape index (κ3) is 7.08. The van der Waals surface area contributed by atoms with Gasteiger partial charge in [-0.3, -0.25) is 19.4 Å². The van der Waals surface area contributed by atoms with E-state index in [2.05, 4.69) is 25.7 Å². The minimum Gasteiger partial charge on any atom is -0.444 e. The largest absolute Gasteiger partial charge is 0.444 e. The molecule has 0 saturated carbocycles. The fraction of sp³-hybridized carbons (Fsp3) is 0.700. The molecule has 0 aliphatic carbocycles. The molecule has 3 heterocycles. The second-order valence-corrected chi connectivity index (χ2v) is 15.4. The number of hydrogen-bond acceptors (Lipinski definition) is 7. The van der Waals surface area contributed by atoms with E-state index in [0.29, 0.717) is 65.2 Å². The van der Waals surface area contributed by atoms with Crippen molar-refractivity contribution in [2.24, 2.45) is 0 Å². The number of hydrogen-bond donors (Lipinski definition) is 0. The predicted octanol–water partition coefficient (Wildman–Crippen LogP) is 2.54. The number of sulfonamides is 1. The maximum Gasteiger partial charge on any atom is 0.411 e. The van der Waals surface area contributed by atoms with Crippen LogP contribution in [0, 0.1) is 6.92 Å². The lowest BCUT2D eigenvalue weighted by atomic mass is 10.0. The molecule has 0 N–H and O–H groups in total. The molecule has 2 atom stereocenters. The normalized spacial score (nSPS) is 23.3. The molecule has 0 radical (unpaired) electrons. The lowest BCUT2D eigenvalue weighted by molar-refractivity contribution is -0.146. The van der Waals surface area contributed by atoms with Gasteiger partial charge in [-0.25, -0.2) is 13.2 Å². The highest BCUT2D eigenvalue weighted by Gasteiger charge is 2.44. The third-order valence-electron chi connectivity index (χ3n) is 8.26. The van der Waals surface area contributed by atoms with Gasteiger partial charge in [-0.15, -0.1) is 0 Å². The van der Waals surface area contributed by atoms with Gasteiger partial charge >= 0.3 is 6.09 Å². The maximum absolute atomic E-state index is 13.9. The average Bonchev–Trinajstić information content (AvgIpc) is 3.42. The van der Waals surface area contributed by atoms with Crippen molar-refractivity contribution >= 4 is 27.9 Å². The monoisotopic (exact) mass is 605 g/mol. The van der Waals surface area contributed by atoms with Crippen molar-refractivity contribution in [1.29, 1.82) is 0 Å². The van der Waals surface area contributed by atoms with Crippen molar-refractivity contribution in [2.75, 3.05) is 52.4 Å². The quantitative estimate of drug-likeness (QED) is 0.519. The highest BCUT2D eigenvalue weighted by atomic mass is 32.2. The van der Waals surface area contributed by atoms with Crippen molar-refractivity contribution < 1.29 is 27.5 Å². The van der Waals surface area contributed by atoms with Crippen LogP contribution in [0.4, 0.5) is 4.79 Å². The van der Waals surface area contributed by atoms with Gasteiger partial charge in [0.05, 0.1) is 4.90 Å². The number of aryl methyl sites for hydroxylation is 1. The van der Waals surface area contributed by atoms with Crippen LogP contribution in [-0.4, -0.2) is 126 Å². The van der Waals surface area contributed by atoms with E-state index in [0.717, 1.165) is 5.56 Å². The Morgan fingerprint density at radius 1 is 0.786 bits per heavy atom. The summed E-state index contributed by atoms with van der Waals surface area (Å²) in [5, 5.41) is 0. The van der Waals surface area contributed by atoms with E-state index in [9.17, 15) is 22.8 Å². The molecule has 1 aromatic rings. The molecule has 234 valence electrons. The number of nitrogens with zero attached hydrogens (tertiary/aromatic N) is 5. The van der Waals surface area contributed by atoms with Crippen LogP contribution < -0.4 is 0 Å². The van der Waals surface area contributed by atoms with Crippen molar-refractivity contribution in [3.8, 4) is 0 Å². The molecule has 42 heavy (non-hydrogen) atoms. The lowest BCUT2D eigenvalue weighted by Gasteiger charge is -2.47. The van der Waals surface area contributed by atoms with Crippen LogP contribution in [0.15, 0.2) is 29.2 Å². The fourth-order valence-corrected chi connectivity index (χ4v) is 7.48. The Morgan fingerprint density at radius 2 is 1.33 bits per heavy atom. The number of amides is 3. The summed E-state index contributed by atoms with van der Waals surface area (Å²) in [5.41, 5.74) is 0.109. The summed E-state index contributed by atoms with van der Waals surface area (Å²) >= 11 is 0. The van der Waals surface area contributed by atoms with Crippen molar-refractivity contribution in [3.63, 3.8) is 0 Å². The van der Waals surface area contributed by atoms with Gasteiger partial charge < -0.3 is 14.5 Å². The Kier molecular flexibility index (Phi) is 9.30. The summed E-state index contributed by atoms with van der Waals surface area (Å²) in [6.45, 7) is 16.6. The molecule has 3 aliphatic rings. The molecular weight excluding hydrogens is 558 g/mol. The van der Waals surface area contributed by atoms with Gasteiger partial charge in [-0.2, -0.15) is 4.31 Å². The van der Waals surface area contributed by atoms with Gasteiger partial charge in [0.2, 0.25) is 21.8 Å². The zero-order chi connectivity index (χ0) is 31.0. The van der Waals surface area contributed by atoms with Crippen LogP contribution in [0.2, 0.25) is 0 Å². The Morgan fingerprint density at radius 3 is 1.86 bits per heavy atom.